The normalized spacial score (nSPS) is 9.77. The quantitative estimate of drug-likeness (QED) is 0.788. The SMILES string of the molecule is C=C(Cl)CNc1ccc(C)c(F)c1. The van der Waals surface area contributed by atoms with E-state index in [2.05, 4.69) is 11.9 Å². The maximum atomic E-state index is 13.0. The fourth-order valence-corrected chi connectivity index (χ4v) is 0.968. The van der Waals surface area contributed by atoms with Gasteiger partial charge in [-0.2, -0.15) is 0 Å². The molecule has 1 rings (SSSR count). The van der Waals surface area contributed by atoms with E-state index in [0.29, 0.717) is 22.8 Å². The molecule has 0 aliphatic rings. The smallest absolute Gasteiger partial charge is 0.128 e. The lowest BCUT2D eigenvalue weighted by Crippen LogP contribution is -2.01. The first kappa shape index (κ1) is 10.1. The molecular weight excluding hydrogens is 189 g/mol. The number of anilines is 1. The standard InChI is InChI=1S/C10H11ClFN/c1-7-3-4-9(5-10(7)12)13-6-8(2)11/h3-5,13H,2,6H2,1H3. The highest BCUT2D eigenvalue weighted by Crippen LogP contribution is 2.13. The highest BCUT2D eigenvalue weighted by Gasteiger charge is 1.98. The van der Waals surface area contributed by atoms with Crippen molar-refractivity contribution >= 4 is 17.3 Å². The summed E-state index contributed by atoms with van der Waals surface area (Å²) in [4.78, 5) is 0. The molecule has 0 saturated heterocycles. The van der Waals surface area contributed by atoms with Gasteiger partial charge >= 0.3 is 0 Å². The highest BCUT2D eigenvalue weighted by atomic mass is 35.5. The lowest BCUT2D eigenvalue weighted by molar-refractivity contribution is 0.619. The van der Waals surface area contributed by atoms with Crippen LogP contribution in [0, 0.1) is 12.7 Å². The Morgan fingerprint density at radius 3 is 2.85 bits per heavy atom. The Hall–Kier alpha value is -1.02. The molecule has 0 spiro atoms. The molecule has 0 amide bonds. The van der Waals surface area contributed by atoms with Crippen molar-refractivity contribution in [2.24, 2.45) is 0 Å². The van der Waals surface area contributed by atoms with E-state index in [9.17, 15) is 4.39 Å². The molecule has 0 atom stereocenters. The van der Waals surface area contributed by atoms with Crippen LogP contribution in [0.15, 0.2) is 29.8 Å². The molecule has 1 N–H and O–H groups in total. The average Bonchev–Trinajstić information content (AvgIpc) is 2.07. The van der Waals surface area contributed by atoms with Crippen LogP contribution >= 0.6 is 11.6 Å². The maximum Gasteiger partial charge on any atom is 0.128 e. The summed E-state index contributed by atoms with van der Waals surface area (Å²) in [6, 6.07) is 4.96. The van der Waals surface area contributed by atoms with E-state index < -0.39 is 0 Å². The van der Waals surface area contributed by atoms with Gasteiger partial charge in [0.05, 0.1) is 6.54 Å². The van der Waals surface area contributed by atoms with Crippen molar-refractivity contribution < 1.29 is 4.39 Å². The minimum Gasteiger partial charge on any atom is -0.380 e. The molecule has 0 heterocycles. The van der Waals surface area contributed by atoms with Crippen molar-refractivity contribution in [3.05, 3.63) is 41.2 Å². The second-order valence-electron chi connectivity index (χ2n) is 2.83. The van der Waals surface area contributed by atoms with Gasteiger partial charge in [0.1, 0.15) is 5.82 Å². The topological polar surface area (TPSA) is 12.0 Å². The lowest BCUT2D eigenvalue weighted by atomic mass is 10.2. The van der Waals surface area contributed by atoms with Gasteiger partial charge in [0.15, 0.2) is 0 Å². The van der Waals surface area contributed by atoms with Crippen LogP contribution in [0.2, 0.25) is 0 Å². The second kappa shape index (κ2) is 4.28. The predicted octanol–water partition coefficient (Wildman–Crippen LogP) is 3.30. The Kier molecular flexibility index (Phi) is 3.32. The van der Waals surface area contributed by atoms with Gasteiger partial charge in [-0.3, -0.25) is 0 Å². The van der Waals surface area contributed by atoms with Crippen LogP contribution in [-0.4, -0.2) is 6.54 Å². The van der Waals surface area contributed by atoms with Crippen LogP contribution in [0.5, 0.6) is 0 Å². The van der Waals surface area contributed by atoms with Gasteiger partial charge in [-0.05, 0) is 24.6 Å². The fraction of sp³-hybridized carbons (Fsp3) is 0.200. The third kappa shape index (κ3) is 3.07. The monoisotopic (exact) mass is 199 g/mol. The van der Waals surface area contributed by atoms with E-state index in [1.807, 2.05) is 0 Å². The van der Waals surface area contributed by atoms with Crippen molar-refractivity contribution in [3.63, 3.8) is 0 Å². The number of hydrogen-bond acceptors (Lipinski definition) is 1. The van der Waals surface area contributed by atoms with Crippen molar-refractivity contribution in [3.8, 4) is 0 Å². The second-order valence-corrected chi connectivity index (χ2v) is 3.37. The van der Waals surface area contributed by atoms with Gasteiger partial charge in [0.25, 0.3) is 0 Å². The summed E-state index contributed by atoms with van der Waals surface area (Å²) in [5.74, 6) is -0.217. The average molecular weight is 200 g/mol. The molecule has 13 heavy (non-hydrogen) atoms. The molecule has 1 nitrogen and oxygen atoms in total. The molecule has 0 aliphatic heterocycles. The Morgan fingerprint density at radius 1 is 1.62 bits per heavy atom. The first-order valence-corrected chi connectivity index (χ1v) is 4.30. The third-order valence-corrected chi connectivity index (χ3v) is 1.79. The molecule has 0 aliphatic carbocycles. The van der Waals surface area contributed by atoms with Crippen LogP contribution in [0.4, 0.5) is 10.1 Å². The maximum absolute atomic E-state index is 13.0. The third-order valence-electron chi connectivity index (χ3n) is 1.66. The van der Waals surface area contributed by atoms with Gasteiger partial charge in [0.2, 0.25) is 0 Å². The van der Waals surface area contributed by atoms with Crippen LogP contribution in [0.1, 0.15) is 5.56 Å². The van der Waals surface area contributed by atoms with Gasteiger partial charge < -0.3 is 5.32 Å². The van der Waals surface area contributed by atoms with Crippen LogP contribution in [0.25, 0.3) is 0 Å². The summed E-state index contributed by atoms with van der Waals surface area (Å²) in [6.45, 7) is 5.69. The molecule has 0 bridgehead atoms. The molecule has 0 fully saturated rings. The molecule has 1 aromatic rings. The minimum atomic E-state index is -0.217. The van der Waals surface area contributed by atoms with Gasteiger partial charge in [-0.25, -0.2) is 4.39 Å². The summed E-state index contributed by atoms with van der Waals surface area (Å²) in [5, 5.41) is 3.44. The zero-order chi connectivity index (χ0) is 9.84. The number of aryl methyl sites for hydroxylation is 1. The molecule has 0 saturated carbocycles. The molecule has 3 heteroatoms. The van der Waals surface area contributed by atoms with Crippen molar-refractivity contribution in [2.75, 3.05) is 11.9 Å². The van der Waals surface area contributed by atoms with E-state index in [-0.39, 0.29) is 5.82 Å². The number of benzene rings is 1. The highest BCUT2D eigenvalue weighted by molar-refractivity contribution is 6.29. The summed E-state index contributed by atoms with van der Waals surface area (Å²) in [6.07, 6.45) is 0. The van der Waals surface area contributed by atoms with Gasteiger partial charge in [-0.15, -0.1) is 0 Å². The molecule has 70 valence electrons. The Balaban J connectivity index is 2.68. The first-order valence-electron chi connectivity index (χ1n) is 3.93. The van der Waals surface area contributed by atoms with E-state index >= 15 is 0 Å². The van der Waals surface area contributed by atoms with Gasteiger partial charge in [0, 0.05) is 10.7 Å². The summed E-state index contributed by atoms with van der Waals surface area (Å²) in [7, 11) is 0. The Morgan fingerprint density at radius 2 is 2.31 bits per heavy atom. The van der Waals surface area contributed by atoms with Crippen LogP contribution < -0.4 is 5.32 Å². The van der Waals surface area contributed by atoms with Crippen molar-refractivity contribution in [1.29, 1.82) is 0 Å². The molecule has 1 aromatic carbocycles. The van der Waals surface area contributed by atoms with Crippen LogP contribution in [0.3, 0.4) is 0 Å². The molecule has 0 radical (unpaired) electrons. The first-order chi connectivity index (χ1) is 6.09. The van der Waals surface area contributed by atoms with Gasteiger partial charge in [-0.1, -0.05) is 24.2 Å². The van der Waals surface area contributed by atoms with E-state index in [1.165, 1.54) is 6.07 Å². The summed E-state index contributed by atoms with van der Waals surface area (Å²) in [5.41, 5.74) is 1.35. The Bertz CT molecular complexity index is 323. The molecular formula is C10H11ClFN. The lowest BCUT2D eigenvalue weighted by Gasteiger charge is -2.05. The number of halogens is 2. The number of nitrogens with one attached hydrogen (secondary N) is 1. The van der Waals surface area contributed by atoms with Crippen molar-refractivity contribution in [2.45, 2.75) is 6.92 Å². The fourth-order valence-electron chi connectivity index (χ4n) is 0.901. The zero-order valence-electron chi connectivity index (χ0n) is 7.40. The zero-order valence-corrected chi connectivity index (χ0v) is 8.16. The van der Waals surface area contributed by atoms with E-state index in [1.54, 1.807) is 19.1 Å². The summed E-state index contributed by atoms with van der Waals surface area (Å²) >= 11 is 5.55. The number of hydrogen-bond donors (Lipinski definition) is 1. The minimum absolute atomic E-state index is 0.217. The predicted molar refractivity (Wildman–Crippen MR) is 54.6 cm³/mol. The number of rotatable bonds is 3. The van der Waals surface area contributed by atoms with Crippen LogP contribution in [-0.2, 0) is 0 Å². The summed E-state index contributed by atoms with van der Waals surface area (Å²) < 4.78 is 13.0. The Labute approximate surface area is 82.2 Å². The van der Waals surface area contributed by atoms with E-state index in [0.717, 1.165) is 0 Å². The largest absolute Gasteiger partial charge is 0.380 e. The van der Waals surface area contributed by atoms with Crippen molar-refractivity contribution in [1.82, 2.24) is 0 Å². The molecule has 0 unspecified atom stereocenters. The van der Waals surface area contributed by atoms with E-state index in [4.69, 9.17) is 11.6 Å². The molecule has 0 aromatic heterocycles.